The zero-order chi connectivity index (χ0) is 9.26. The summed E-state index contributed by atoms with van der Waals surface area (Å²) in [5.74, 6) is 0.112. The number of benzene rings is 1. The summed E-state index contributed by atoms with van der Waals surface area (Å²) in [6.45, 7) is 0. The van der Waals surface area contributed by atoms with Crippen LogP contribution in [0.4, 0.5) is 4.79 Å². The van der Waals surface area contributed by atoms with Crippen LogP contribution in [0.1, 0.15) is 0 Å². The summed E-state index contributed by atoms with van der Waals surface area (Å²) in [5, 5.41) is 0.871. The molecule has 0 saturated carbocycles. The standard InChI is InChI=1S/C9H5ClO3/c10-9(11)13-8-5-6-3-1-2-4-7(6)12-8/h1-5H. The van der Waals surface area contributed by atoms with Crippen LogP contribution in [0.25, 0.3) is 11.0 Å². The lowest BCUT2D eigenvalue weighted by Crippen LogP contribution is -1.93. The molecule has 0 amide bonds. The number of furan rings is 1. The van der Waals surface area contributed by atoms with Gasteiger partial charge >= 0.3 is 5.43 Å². The molecule has 0 spiro atoms. The Hall–Kier alpha value is -1.48. The van der Waals surface area contributed by atoms with Gasteiger partial charge in [0.1, 0.15) is 5.58 Å². The zero-order valence-electron chi connectivity index (χ0n) is 6.49. The molecule has 1 heterocycles. The van der Waals surface area contributed by atoms with E-state index in [0.29, 0.717) is 5.58 Å². The van der Waals surface area contributed by atoms with E-state index in [1.807, 2.05) is 18.2 Å². The fraction of sp³-hybridized carbons (Fsp3) is 0. The lowest BCUT2D eigenvalue weighted by molar-refractivity contribution is 0.214. The van der Waals surface area contributed by atoms with Gasteiger partial charge < -0.3 is 9.15 Å². The molecule has 0 aliphatic heterocycles. The number of carbonyl (C=O) groups excluding carboxylic acids is 1. The number of hydrogen-bond acceptors (Lipinski definition) is 3. The van der Waals surface area contributed by atoms with Crippen molar-refractivity contribution in [2.24, 2.45) is 0 Å². The minimum Gasteiger partial charge on any atom is -0.425 e. The molecule has 0 radical (unpaired) electrons. The van der Waals surface area contributed by atoms with Crippen LogP contribution in [-0.4, -0.2) is 5.43 Å². The highest BCUT2D eigenvalue weighted by Crippen LogP contribution is 2.24. The molecule has 0 aliphatic carbocycles. The monoisotopic (exact) mass is 196 g/mol. The first-order chi connectivity index (χ1) is 6.25. The molecule has 0 unspecified atom stereocenters. The Morgan fingerprint density at radius 2 is 2.15 bits per heavy atom. The van der Waals surface area contributed by atoms with Gasteiger partial charge in [-0.3, -0.25) is 0 Å². The number of carbonyl (C=O) groups is 1. The van der Waals surface area contributed by atoms with Crippen molar-refractivity contribution in [1.29, 1.82) is 0 Å². The summed E-state index contributed by atoms with van der Waals surface area (Å²) in [6, 6.07) is 8.93. The van der Waals surface area contributed by atoms with E-state index in [1.54, 1.807) is 12.1 Å². The van der Waals surface area contributed by atoms with Crippen LogP contribution in [0.2, 0.25) is 0 Å². The lowest BCUT2D eigenvalue weighted by Gasteiger charge is -1.89. The quantitative estimate of drug-likeness (QED) is 0.658. The average molecular weight is 197 g/mol. The SMILES string of the molecule is O=C(Cl)Oc1cc2ccccc2o1. The molecule has 1 aromatic heterocycles. The molecule has 0 bridgehead atoms. The average Bonchev–Trinajstić information content (AvgIpc) is 2.44. The highest BCUT2D eigenvalue weighted by atomic mass is 35.5. The summed E-state index contributed by atoms with van der Waals surface area (Å²) >= 11 is 5.02. The fourth-order valence-electron chi connectivity index (χ4n) is 1.09. The Balaban J connectivity index is 2.44. The lowest BCUT2D eigenvalue weighted by atomic mass is 10.3. The Bertz CT molecular complexity index is 414. The third-order valence-corrected chi connectivity index (χ3v) is 1.66. The largest absolute Gasteiger partial charge is 0.425 e. The number of fused-ring (bicyclic) bond motifs is 1. The van der Waals surface area contributed by atoms with Crippen LogP contribution in [0.15, 0.2) is 34.7 Å². The summed E-state index contributed by atoms with van der Waals surface area (Å²) in [4.78, 5) is 10.4. The topological polar surface area (TPSA) is 39.4 Å². The van der Waals surface area contributed by atoms with Crippen molar-refractivity contribution in [3.05, 3.63) is 30.3 Å². The maximum absolute atomic E-state index is 10.4. The summed E-state index contributed by atoms with van der Waals surface area (Å²) < 4.78 is 9.71. The molecule has 2 rings (SSSR count). The van der Waals surface area contributed by atoms with E-state index >= 15 is 0 Å². The minimum atomic E-state index is -0.904. The van der Waals surface area contributed by atoms with E-state index in [9.17, 15) is 4.79 Å². The van der Waals surface area contributed by atoms with Gasteiger partial charge in [0.2, 0.25) is 0 Å². The predicted molar refractivity (Wildman–Crippen MR) is 48.1 cm³/mol. The maximum Gasteiger partial charge on any atom is 0.411 e. The summed E-state index contributed by atoms with van der Waals surface area (Å²) in [7, 11) is 0. The molecule has 0 saturated heterocycles. The number of rotatable bonds is 1. The molecular weight excluding hydrogens is 192 g/mol. The van der Waals surface area contributed by atoms with Crippen LogP contribution >= 0.6 is 11.6 Å². The number of para-hydroxylation sites is 1. The second-order valence-corrected chi connectivity index (χ2v) is 2.75. The third-order valence-electron chi connectivity index (χ3n) is 1.58. The number of halogens is 1. The highest BCUT2D eigenvalue weighted by Gasteiger charge is 2.06. The molecule has 4 heteroatoms. The van der Waals surface area contributed by atoms with Crippen molar-refractivity contribution in [2.75, 3.05) is 0 Å². The van der Waals surface area contributed by atoms with Gasteiger partial charge in [-0.25, -0.2) is 4.79 Å². The maximum atomic E-state index is 10.4. The molecule has 66 valence electrons. The van der Waals surface area contributed by atoms with Gasteiger partial charge in [0.25, 0.3) is 5.95 Å². The van der Waals surface area contributed by atoms with Gasteiger partial charge in [0.15, 0.2) is 0 Å². The molecule has 0 fully saturated rings. The molecule has 0 atom stereocenters. The van der Waals surface area contributed by atoms with Crippen LogP contribution in [0, 0.1) is 0 Å². The van der Waals surface area contributed by atoms with Crippen molar-refractivity contribution in [3.8, 4) is 5.95 Å². The Kier molecular flexibility index (Phi) is 1.94. The summed E-state index contributed by atoms with van der Waals surface area (Å²) in [6.07, 6.45) is 0. The smallest absolute Gasteiger partial charge is 0.411 e. The van der Waals surface area contributed by atoms with E-state index in [-0.39, 0.29) is 5.95 Å². The van der Waals surface area contributed by atoms with Gasteiger partial charge in [-0.2, -0.15) is 0 Å². The molecule has 3 nitrogen and oxygen atoms in total. The highest BCUT2D eigenvalue weighted by molar-refractivity contribution is 6.61. The first kappa shape index (κ1) is 8.13. The van der Waals surface area contributed by atoms with Gasteiger partial charge in [-0.05, 0) is 6.07 Å². The second-order valence-electron chi connectivity index (χ2n) is 2.44. The second kappa shape index (κ2) is 3.11. The molecule has 0 N–H and O–H groups in total. The van der Waals surface area contributed by atoms with Crippen molar-refractivity contribution in [3.63, 3.8) is 0 Å². The van der Waals surface area contributed by atoms with Crippen molar-refractivity contribution < 1.29 is 13.9 Å². The first-order valence-corrected chi connectivity index (χ1v) is 3.99. The van der Waals surface area contributed by atoms with E-state index in [2.05, 4.69) is 4.74 Å². The fourth-order valence-corrected chi connectivity index (χ4v) is 1.16. The first-order valence-electron chi connectivity index (χ1n) is 3.61. The molecular formula is C9H5ClO3. The van der Waals surface area contributed by atoms with Crippen LogP contribution in [-0.2, 0) is 0 Å². The number of hydrogen-bond donors (Lipinski definition) is 0. The minimum absolute atomic E-state index is 0.112. The van der Waals surface area contributed by atoms with Crippen LogP contribution < -0.4 is 4.74 Å². The third kappa shape index (κ3) is 1.65. The molecule has 13 heavy (non-hydrogen) atoms. The molecule has 1 aromatic carbocycles. The number of ether oxygens (including phenoxy) is 1. The predicted octanol–water partition coefficient (Wildman–Crippen LogP) is 3.17. The van der Waals surface area contributed by atoms with Crippen molar-refractivity contribution in [2.45, 2.75) is 0 Å². The molecule has 2 aromatic rings. The van der Waals surface area contributed by atoms with Gasteiger partial charge in [0.05, 0.1) is 0 Å². The van der Waals surface area contributed by atoms with Gasteiger partial charge in [-0.1, -0.05) is 18.2 Å². The van der Waals surface area contributed by atoms with Gasteiger partial charge in [0, 0.05) is 23.1 Å². The van der Waals surface area contributed by atoms with E-state index < -0.39 is 5.43 Å². The Morgan fingerprint density at radius 1 is 1.38 bits per heavy atom. The van der Waals surface area contributed by atoms with E-state index in [4.69, 9.17) is 16.0 Å². The van der Waals surface area contributed by atoms with E-state index in [1.165, 1.54) is 0 Å². The van der Waals surface area contributed by atoms with Crippen molar-refractivity contribution >= 4 is 28.0 Å². The molecule has 0 aliphatic rings. The normalized spacial score (nSPS) is 10.2. The Morgan fingerprint density at radius 3 is 2.85 bits per heavy atom. The Labute approximate surface area is 78.9 Å². The summed E-state index contributed by atoms with van der Waals surface area (Å²) in [5.41, 5.74) is -0.241. The van der Waals surface area contributed by atoms with Crippen LogP contribution in [0.3, 0.4) is 0 Å². The van der Waals surface area contributed by atoms with Gasteiger partial charge in [-0.15, -0.1) is 0 Å². The van der Waals surface area contributed by atoms with Crippen LogP contribution in [0.5, 0.6) is 5.95 Å². The zero-order valence-corrected chi connectivity index (χ0v) is 7.25. The van der Waals surface area contributed by atoms with E-state index in [0.717, 1.165) is 5.39 Å². The van der Waals surface area contributed by atoms with Crippen molar-refractivity contribution in [1.82, 2.24) is 0 Å².